The van der Waals surface area contributed by atoms with E-state index in [1.165, 1.54) is 6.92 Å². The van der Waals surface area contributed by atoms with Crippen LogP contribution >= 0.6 is 0 Å². The lowest BCUT2D eigenvalue weighted by Crippen LogP contribution is -1.98. The number of carbonyl (C=O) groups is 1. The van der Waals surface area contributed by atoms with E-state index in [-0.39, 0.29) is 5.78 Å². The minimum absolute atomic E-state index is 0.0255. The van der Waals surface area contributed by atoms with Crippen LogP contribution in [0.3, 0.4) is 0 Å². The molecule has 0 saturated carbocycles. The fourth-order valence-corrected chi connectivity index (χ4v) is 1.19. The predicted molar refractivity (Wildman–Crippen MR) is 47.3 cm³/mol. The molecule has 0 saturated heterocycles. The van der Waals surface area contributed by atoms with Gasteiger partial charge < -0.3 is 4.57 Å². The summed E-state index contributed by atoms with van der Waals surface area (Å²) >= 11 is 0. The lowest BCUT2D eigenvalue weighted by molar-refractivity contribution is 0.101. The second-order valence-corrected chi connectivity index (χ2v) is 3.31. The first kappa shape index (κ1) is 8.97. The number of imidazole rings is 1. The van der Waals surface area contributed by atoms with Crippen molar-refractivity contribution in [2.24, 2.45) is 7.05 Å². The smallest absolute Gasteiger partial charge is 0.179 e. The van der Waals surface area contributed by atoms with E-state index < -0.39 is 0 Å². The van der Waals surface area contributed by atoms with Gasteiger partial charge in [0, 0.05) is 26.1 Å². The van der Waals surface area contributed by atoms with Gasteiger partial charge in [0.15, 0.2) is 5.78 Å². The highest BCUT2D eigenvalue weighted by molar-refractivity contribution is 5.91. The van der Waals surface area contributed by atoms with Crippen molar-refractivity contribution >= 4 is 5.78 Å². The SMILES string of the molecule is CC(=O)c1cn(C)c(C(C)C)n1. The Morgan fingerprint density at radius 3 is 2.42 bits per heavy atom. The highest BCUT2D eigenvalue weighted by atomic mass is 16.1. The van der Waals surface area contributed by atoms with E-state index in [1.54, 1.807) is 6.20 Å². The second kappa shape index (κ2) is 3.09. The summed E-state index contributed by atoms with van der Waals surface area (Å²) in [4.78, 5) is 15.2. The van der Waals surface area contributed by atoms with Crippen molar-refractivity contribution in [1.82, 2.24) is 9.55 Å². The molecule has 1 rings (SSSR count). The molecule has 0 fully saturated rings. The monoisotopic (exact) mass is 166 g/mol. The van der Waals surface area contributed by atoms with E-state index >= 15 is 0 Å². The third kappa shape index (κ3) is 1.55. The van der Waals surface area contributed by atoms with Gasteiger partial charge >= 0.3 is 0 Å². The van der Waals surface area contributed by atoms with Gasteiger partial charge in [0.05, 0.1) is 0 Å². The molecule has 12 heavy (non-hydrogen) atoms. The first-order valence-corrected chi connectivity index (χ1v) is 4.06. The normalized spacial score (nSPS) is 10.8. The van der Waals surface area contributed by atoms with Gasteiger partial charge in [0.25, 0.3) is 0 Å². The molecule has 1 aromatic rings. The van der Waals surface area contributed by atoms with E-state index in [4.69, 9.17) is 0 Å². The van der Waals surface area contributed by atoms with Crippen molar-refractivity contribution in [3.63, 3.8) is 0 Å². The molecule has 0 bridgehead atoms. The number of hydrogen-bond acceptors (Lipinski definition) is 2. The number of nitrogens with zero attached hydrogens (tertiary/aromatic N) is 2. The molecule has 1 heterocycles. The molecular weight excluding hydrogens is 152 g/mol. The summed E-state index contributed by atoms with van der Waals surface area (Å²) in [6.45, 7) is 5.66. The Bertz CT molecular complexity index is 299. The van der Waals surface area contributed by atoms with Crippen LogP contribution in [0.25, 0.3) is 0 Å². The largest absolute Gasteiger partial charge is 0.337 e. The summed E-state index contributed by atoms with van der Waals surface area (Å²) in [5, 5.41) is 0. The van der Waals surface area contributed by atoms with Crippen LogP contribution < -0.4 is 0 Å². The van der Waals surface area contributed by atoms with Crippen molar-refractivity contribution in [3.8, 4) is 0 Å². The van der Waals surface area contributed by atoms with Crippen molar-refractivity contribution in [1.29, 1.82) is 0 Å². The lowest BCUT2D eigenvalue weighted by Gasteiger charge is -2.02. The molecule has 0 aliphatic rings. The molecule has 0 atom stereocenters. The molecular formula is C9H14N2O. The number of hydrogen-bond donors (Lipinski definition) is 0. The molecule has 3 nitrogen and oxygen atoms in total. The molecule has 0 unspecified atom stereocenters. The standard InChI is InChI=1S/C9H14N2O/c1-6(2)9-10-8(7(3)12)5-11(9)4/h5-6H,1-4H3. The number of aromatic nitrogens is 2. The zero-order valence-electron chi connectivity index (χ0n) is 7.96. The van der Waals surface area contributed by atoms with Crippen LogP contribution in [0.2, 0.25) is 0 Å². The Hall–Kier alpha value is -1.12. The Morgan fingerprint density at radius 1 is 1.58 bits per heavy atom. The van der Waals surface area contributed by atoms with Crippen LogP contribution in [0.4, 0.5) is 0 Å². The van der Waals surface area contributed by atoms with E-state index in [0.29, 0.717) is 11.6 Å². The minimum Gasteiger partial charge on any atom is -0.337 e. The molecule has 3 heteroatoms. The topological polar surface area (TPSA) is 34.9 Å². The van der Waals surface area contributed by atoms with Crippen LogP contribution in [0.1, 0.15) is 43.0 Å². The van der Waals surface area contributed by atoms with Gasteiger partial charge in [-0.1, -0.05) is 13.8 Å². The molecule has 0 aliphatic heterocycles. The highest BCUT2D eigenvalue weighted by Crippen LogP contribution is 2.12. The first-order valence-electron chi connectivity index (χ1n) is 4.06. The quantitative estimate of drug-likeness (QED) is 0.627. The molecule has 0 N–H and O–H groups in total. The molecule has 66 valence electrons. The van der Waals surface area contributed by atoms with Gasteiger partial charge in [-0.05, 0) is 0 Å². The molecule has 0 radical (unpaired) electrons. The molecule has 0 amide bonds. The Labute approximate surface area is 72.4 Å². The maximum Gasteiger partial charge on any atom is 0.179 e. The molecule has 0 aliphatic carbocycles. The number of ketones is 1. The Balaban J connectivity index is 3.09. The van der Waals surface area contributed by atoms with Crippen molar-refractivity contribution < 1.29 is 4.79 Å². The van der Waals surface area contributed by atoms with E-state index in [1.807, 2.05) is 11.6 Å². The number of carbonyl (C=O) groups excluding carboxylic acids is 1. The van der Waals surface area contributed by atoms with Crippen LogP contribution in [0, 0.1) is 0 Å². The molecule has 0 spiro atoms. The third-order valence-corrected chi connectivity index (χ3v) is 1.79. The summed E-state index contributed by atoms with van der Waals surface area (Å²) in [6.07, 6.45) is 1.78. The van der Waals surface area contributed by atoms with Gasteiger partial charge in [0.1, 0.15) is 11.5 Å². The number of Topliss-reactive ketones (excluding diaryl/α,β-unsaturated/α-hetero) is 1. The first-order chi connectivity index (χ1) is 5.52. The summed E-state index contributed by atoms with van der Waals surface area (Å²) in [6, 6.07) is 0. The van der Waals surface area contributed by atoms with Crippen LogP contribution in [0.15, 0.2) is 6.20 Å². The van der Waals surface area contributed by atoms with Gasteiger partial charge in [-0.3, -0.25) is 4.79 Å². The second-order valence-electron chi connectivity index (χ2n) is 3.31. The minimum atomic E-state index is 0.0255. The highest BCUT2D eigenvalue weighted by Gasteiger charge is 2.10. The molecule has 1 aromatic heterocycles. The van der Waals surface area contributed by atoms with E-state index in [0.717, 1.165) is 5.82 Å². The fourth-order valence-electron chi connectivity index (χ4n) is 1.19. The van der Waals surface area contributed by atoms with Crippen LogP contribution in [-0.2, 0) is 7.05 Å². The maximum atomic E-state index is 11.0. The van der Waals surface area contributed by atoms with Gasteiger partial charge in [-0.15, -0.1) is 0 Å². The third-order valence-electron chi connectivity index (χ3n) is 1.79. The zero-order valence-corrected chi connectivity index (χ0v) is 7.96. The van der Waals surface area contributed by atoms with E-state index in [9.17, 15) is 4.79 Å². The lowest BCUT2D eigenvalue weighted by atomic mass is 10.2. The number of rotatable bonds is 2. The van der Waals surface area contributed by atoms with Gasteiger partial charge in [-0.25, -0.2) is 4.98 Å². The summed E-state index contributed by atoms with van der Waals surface area (Å²) in [5.74, 6) is 1.35. The average Bonchev–Trinajstić information content (AvgIpc) is 2.30. The molecule has 0 aromatic carbocycles. The van der Waals surface area contributed by atoms with Crippen molar-refractivity contribution in [2.75, 3.05) is 0 Å². The van der Waals surface area contributed by atoms with Crippen molar-refractivity contribution in [3.05, 3.63) is 17.7 Å². The average molecular weight is 166 g/mol. The summed E-state index contributed by atoms with van der Waals surface area (Å²) in [7, 11) is 1.91. The van der Waals surface area contributed by atoms with Gasteiger partial charge in [0.2, 0.25) is 0 Å². The predicted octanol–water partition coefficient (Wildman–Crippen LogP) is 1.75. The van der Waals surface area contributed by atoms with Crippen molar-refractivity contribution in [2.45, 2.75) is 26.7 Å². The Kier molecular flexibility index (Phi) is 2.31. The van der Waals surface area contributed by atoms with Crippen LogP contribution in [-0.4, -0.2) is 15.3 Å². The van der Waals surface area contributed by atoms with Gasteiger partial charge in [-0.2, -0.15) is 0 Å². The van der Waals surface area contributed by atoms with Crippen LogP contribution in [0.5, 0.6) is 0 Å². The fraction of sp³-hybridized carbons (Fsp3) is 0.556. The summed E-state index contributed by atoms with van der Waals surface area (Å²) in [5.41, 5.74) is 0.557. The number of aryl methyl sites for hydroxylation is 1. The summed E-state index contributed by atoms with van der Waals surface area (Å²) < 4.78 is 1.90. The maximum absolute atomic E-state index is 11.0. The van der Waals surface area contributed by atoms with E-state index in [2.05, 4.69) is 18.8 Å². The zero-order chi connectivity index (χ0) is 9.30. The Morgan fingerprint density at radius 2 is 2.17 bits per heavy atom.